The van der Waals surface area contributed by atoms with Crippen molar-refractivity contribution in [3.63, 3.8) is 0 Å². The molecule has 46 heavy (non-hydrogen) atoms. The Balaban J connectivity index is 1.50. The van der Waals surface area contributed by atoms with Gasteiger partial charge in [-0.05, 0) is 6.07 Å². The number of nitro groups is 2. The van der Waals surface area contributed by atoms with E-state index in [-0.39, 0.29) is 0 Å². The van der Waals surface area contributed by atoms with Crippen molar-refractivity contribution >= 4 is 11.4 Å². The molecule has 0 saturated carbocycles. The zero-order valence-electron chi connectivity index (χ0n) is 23.5. The minimum atomic E-state index is -2.07. The van der Waals surface area contributed by atoms with Crippen molar-refractivity contribution in [2.45, 2.75) is 92.1 Å². The van der Waals surface area contributed by atoms with E-state index < -0.39 is 139 Å². The van der Waals surface area contributed by atoms with Crippen LogP contribution in [0.1, 0.15) is 0 Å². The first-order valence-corrected chi connectivity index (χ1v) is 13.7. The first kappa shape index (κ1) is 36.1. The van der Waals surface area contributed by atoms with Crippen molar-refractivity contribution in [1.82, 2.24) is 0 Å². The van der Waals surface area contributed by atoms with Crippen LogP contribution < -0.4 is 4.74 Å². The van der Waals surface area contributed by atoms with Gasteiger partial charge in [-0.15, -0.1) is 0 Å². The predicted octanol–water partition coefficient (Wildman–Crippen LogP) is -5.67. The van der Waals surface area contributed by atoms with Gasteiger partial charge in [0.05, 0.1) is 35.7 Å². The highest BCUT2D eigenvalue weighted by molar-refractivity contribution is 5.55. The SMILES string of the molecule is O=[N+]([O-])c1ccc(O[C@@H]2O[C@H](CO)[C@@H](O)[C@H](O[C@@H]3O[C@H](CO)[C@@H](O[C@@H]4O[C@H](CO)[C@@H](O)[C@H](O)[C@H]4O)[C@H](O)[C@H]3O)[C@H]2O)cc1[N+](=O)[O-]. The van der Waals surface area contributed by atoms with Crippen molar-refractivity contribution in [2.75, 3.05) is 19.8 Å². The molecule has 3 aliphatic rings. The minimum Gasteiger partial charge on any atom is -0.462 e. The first-order chi connectivity index (χ1) is 21.7. The highest BCUT2D eigenvalue weighted by Crippen LogP contribution is 2.35. The van der Waals surface area contributed by atoms with Crippen molar-refractivity contribution in [3.8, 4) is 5.75 Å². The summed E-state index contributed by atoms with van der Waals surface area (Å²) in [6.45, 7) is -2.61. The van der Waals surface area contributed by atoms with Crippen LogP contribution in [0.25, 0.3) is 0 Å². The Morgan fingerprint density at radius 3 is 1.65 bits per heavy atom. The maximum Gasteiger partial charge on any atom is 0.349 e. The van der Waals surface area contributed by atoms with E-state index >= 15 is 0 Å². The molecule has 22 nitrogen and oxygen atoms in total. The average Bonchev–Trinajstić information content (AvgIpc) is 3.03. The van der Waals surface area contributed by atoms with Crippen molar-refractivity contribution in [3.05, 3.63) is 38.4 Å². The van der Waals surface area contributed by atoms with Crippen molar-refractivity contribution in [1.29, 1.82) is 0 Å². The molecule has 0 aromatic heterocycles. The highest BCUT2D eigenvalue weighted by atomic mass is 16.8. The Labute approximate surface area is 257 Å². The van der Waals surface area contributed by atoms with E-state index in [9.17, 15) is 71.3 Å². The highest BCUT2D eigenvalue weighted by Gasteiger charge is 2.54. The maximum absolute atomic E-state index is 11.3. The van der Waals surface area contributed by atoms with Crippen LogP contribution in [-0.2, 0) is 23.7 Å². The smallest absolute Gasteiger partial charge is 0.349 e. The third-order valence-corrected chi connectivity index (χ3v) is 7.67. The van der Waals surface area contributed by atoms with Gasteiger partial charge in [0.15, 0.2) is 12.6 Å². The van der Waals surface area contributed by atoms with E-state index in [1.807, 2.05) is 0 Å². The summed E-state index contributed by atoms with van der Waals surface area (Å²) < 4.78 is 32.5. The average molecular weight is 671 g/mol. The molecular weight excluding hydrogens is 636 g/mol. The number of hydrogen-bond acceptors (Lipinski definition) is 20. The number of nitrogens with zero attached hydrogens (tertiary/aromatic N) is 2. The second-order valence-electron chi connectivity index (χ2n) is 10.6. The van der Waals surface area contributed by atoms with E-state index in [0.29, 0.717) is 6.07 Å². The van der Waals surface area contributed by atoms with Crippen molar-refractivity contribution in [2.24, 2.45) is 0 Å². The lowest BCUT2D eigenvalue weighted by Crippen LogP contribution is -2.67. The van der Waals surface area contributed by atoms with Gasteiger partial charge in [0, 0.05) is 6.07 Å². The predicted molar refractivity (Wildman–Crippen MR) is 139 cm³/mol. The standard InChI is InChI=1S/C24H34N2O20/c27-4-10-13(30)15(32)17(34)22(42-10)45-20-12(6-29)44-23(18(35)16(20)33)46-21-14(31)11(5-28)43-24(19(21)36)41-7-1-2-8(25(37)38)9(3-7)26(39)40/h1-3,10-24,27-36H,4-6H2/t10-,11-,12-,13-,14-,15+,16-,17-,18-,19-,20-,21+,22+,23+,24-/m1/s1. The number of benzene rings is 1. The third-order valence-electron chi connectivity index (χ3n) is 7.67. The summed E-state index contributed by atoms with van der Waals surface area (Å²) in [5.41, 5.74) is -1.82. The summed E-state index contributed by atoms with van der Waals surface area (Å²) in [7, 11) is 0. The zero-order valence-corrected chi connectivity index (χ0v) is 23.5. The van der Waals surface area contributed by atoms with Crippen LogP contribution in [0.4, 0.5) is 11.4 Å². The molecule has 3 saturated heterocycles. The number of rotatable bonds is 11. The molecule has 0 bridgehead atoms. The topological polar surface area (TPSA) is 344 Å². The van der Waals surface area contributed by atoms with Gasteiger partial charge in [-0.3, -0.25) is 20.2 Å². The number of aliphatic hydroxyl groups excluding tert-OH is 10. The normalized spacial score (nSPS) is 41.6. The lowest BCUT2D eigenvalue weighted by Gasteiger charge is -2.48. The lowest BCUT2D eigenvalue weighted by molar-refractivity contribution is -0.422. The molecule has 4 rings (SSSR count). The van der Waals surface area contributed by atoms with Crippen LogP contribution in [0.3, 0.4) is 0 Å². The van der Waals surface area contributed by atoms with E-state index in [1.165, 1.54) is 0 Å². The summed E-state index contributed by atoms with van der Waals surface area (Å²) in [5.74, 6) is -0.397. The van der Waals surface area contributed by atoms with E-state index in [0.717, 1.165) is 12.1 Å². The Kier molecular flexibility index (Phi) is 11.7. The molecule has 0 amide bonds. The monoisotopic (exact) mass is 670 g/mol. The van der Waals surface area contributed by atoms with Crippen LogP contribution in [0, 0.1) is 20.2 Å². The van der Waals surface area contributed by atoms with E-state index in [1.54, 1.807) is 0 Å². The Morgan fingerprint density at radius 2 is 1.09 bits per heavy atom. The lowest BCUT2D eigenvalue weighted by atomic mass is 9.96. The van der Waals surface area contributed by atoms with Gasteiger partial charge >= 0.3 is 11.4 Å². The van der Waals surface area contributed by atoms with Crippen LogP contribution in [-0.4, -0.2) is 173 Å². The zero-order chi connectivity index (χ0) is 34.0. The van der Waals surface area contributed by atoms with Crippen LogP contribution >= 0.6 is 0 Å². The summed E-state index contributed by atoms with van der Waals surface area (Å²) in [5, 5.41) is 125. The molecule has 0 unspecified atom stereocenters. The van der Waals surface area contributed by atoms with E-state index in [2.05, 4.69) is 0 Å². The molecule has 0 aliphatic carbocycles. The van der Waals surface area contributed by atoms with Gasteiger partial charge in [-0.2, -0.15) is 0 Å². The molecule has 1 aromatic rings. The Morgan fingerprint density at radius 1 is 0.587 bits per heavy atom. The fourth-order valence-corrected chi connectivity index (χ4v) is 5.15. The second kappa shape index (κ2) is 15.0. The van der Waals surface area contributed by atoms with Crippen LogP contribution in [0.15, 0.2) is 18.2 Å². The van der Waals surface area contributed by atoms with Gasteiger partial charge in [0.1, 0.15) is 79.0 Å². The molecule has 15 atom stereocenters. The molecular formula is C24H34N2O20. The quantitative estimate of drug-likeness (QED) is 0.0774. The molecule has 1 aromatic carbocycles. The van der Waals surface area contributed by atoms with Crippen LogP contribution in [0.2, 0.25) is 0 Å². The number of nitro benzene ring substituents is 2. The van der Waals surface area contributed by atoms with E-state index in [4.69, 9.17) is 28.4 Å². The second-order valence-corrected chi connectivity index (χ2v) is 10.6. The summed E-state index contributed by atoms with van der Waals surface area (Å²) >= 11 is 0. The molecule has 10 N–H and O–H groups in total. The largest absolute Gasteiger partial charge is 0.462 e. The van der Waals surface area contributed by atoms with Gasteiger partial charge in [-0.25, -0.2) is 0 Å². The first-order valence-electron chi connectivity index (χ1n) is 13.7. The van der Waals surface area contributed by atoms with Gasteiger partial charge in [-0.1, -0.05) is 0 Å². The molecule has 22 heteroatoms. The van der Waals surface area contributed by atoms with Gasteiger partial charge in [0.2, 0.25) is 6.29 Å². The van der Waals surface area contributed by atoms with Gasteiger partial charge < -0.3 is 79.5 Å². The summed E-state index contributed by atoms with van der Waals surface area (Å²) in [4.78, 5) is 20.4. The number of hydrogen-bond donors (Lipinski definition) is 10. The summed E-state index contributed by atoms with van der Waals surface area (Å²) in [6, 6.07) is 2.40. The minimum absolute atomic E-state index is 0.397. The summed E-state index contributed by atoms with van der Waals surface area (Å²) in [6.07, 6.45) is -27.0. The molecule has 3 heterocycles. The van der Waals surface area contributed by atoms with Crippen molar-refractivity contribution < 1.29 is 89.3 Å². The van der Waals surface area contributed by atoms with Gasteiger partial charge in [0.25, 0.3) is 0 Å². The molecule has 0 spiro atoms. The number of ether oxygens (including phenoxy) is 6. The molecule has 3 aliphatic heterocycles. The molecule has 260 valence electrons. The molecule has 3 fully saturated rings. The fraction of sp³-hybridized carbons (Fsp3) is 0.750. The maximum atomic E-state index is 11.3. The Hall–Kier alpha value is -2.78. The Bertz CT molecular complexity index is 1210. The number of aliphatic hydroxyl groups is 10. The fourth-order valence-electron chi connectivity index (χ4n) is 5.15. The third kappa shape index (κ3) is 7.20. The van der Waals surface area contributed by atoms with Crippen LogP contribution in [0.5, 0.6) is 5.75 Å². The molecule has 0 radical (unpaired) electrons.